The van der Waals surface area contributed by atoms with Crippen molar-refractivity contribution in [2.75, 3.05) is 11.9 Å². The van der Waals surface area contributed by atoms with E-state index >= 15 is 0 Å². The molecule has 26 heavy (non-hydrogen) atoms. The fourth-order valence-electron chi connectivity index (χ4n) is 3.49. The van der Waals surface area contributed by atoms with Crippen molar-refractivity contribution in [2.24, 2.45) is 9.98 Å². The summed E-state index contributed by atoms with van der Waals surface area (Å²) in [6, 6.07) is 8.06. The fraction of sp³-hybridized carbons (Fsp3) is 0.350. The first-order chi connectivity index (χ1) is 12.6. The van der Waals surface area contributed by atoms with Crippen LogP contribution in [0.3, 0.4) is 0 Å². The molecular weight excluding hydrogens is 328 g/mol. The SMILES string of the molecule is CCc1ccccc1NC(=O)c1c(C)oc2c1C1=N[C@H](CC)CN1C=N2. The molecule has 2 aliphatic rings. The third-order valence-electron chi connectivity index (χ3n) is 4.93. The Balaban J connectivity index is 1.74. The molecule has 0 saturated carbocycles. The normalized spacial score (nSPS) is 17.7. The summed E-state index contributed by atoms with van der Waals surface area (Å²) >= 11 is 0. The van der Waals surface area contributed by atoms with Gasteiger partial charge >= 0.3 is 0 Å². The Kier molecular flexibility index (Phi) is 4.11. The number of anilines is 1. The molecule has 1 amide bonds. The molecule has 0 radical (unpaired) electrons. The molecule has 1 aromatic carbocycles. The smallest absolute Gasteiger partial charge is 0.260 e. The third kappa shape index (κ3) is 2.62. The highest BCUT2D eigenvalue weighted by Crippen LogP contribution is 2.36. The van der Waals surface area contributed by atoms with Crippen molar-refractivity contribution in [1.29, 1.82) is 0 Å². The van der Waals surface area contributed by atoms with Crippen LogP contribution in [0, 0.1) is 6.92 Å². The van der Waals surface area contributed by atoms with E-state index in [2.05, 4.69) is 24.2 Å². The summed E-state index contributed by atoms with van der Waals surface area (Å²) in [6.07, 6.45) is 3.54. The molecule has 0 spiro atoms. The first kappa shape index (κ1) is 16.6. The van der Waals surface area contributed by atoms with Crippen LogP contribution in [0.4, 0.5) is 11.6 Å². The molecule has 2 aliphatic heterocycles. The molecule has 1 aromatic heterocycles. The van der Waals surface area contributed by atoms with Crippen molar-refractivity contribution in [2.45, 2.75) is 39.7 Å². The second kappa shape index (κ2) is 6.44. The van der Waals surface area contributed by atoms with Gasteiger partial charge in [-0.05, 0) is 31.4 Å². The molecule has 0 bridgehead atoms. The molecule has 3 heterocycles. The van der Waals surface area contributed by atoms with Crippen molar-refractivity contribution >= 4 is 29.7 Å². The minimum atomic E-state index is -0.187. The lowest BCUT2D eigenvalue weighted by Gasteiger charge is -2.19. The van der Waals surface area contributed by atoms with E-state index < -0.39 is 0 Å². The molecule has 4 rings (SSSR count). The molecule has 0 saturated heterocycles. The Morgan fingerprint density at radius 1 is 1.35 bits per heavy atom. The molecule has 0 aliphatic carbocycles. The van der Waals surface area contributed by atoms with E-state index in [4.69, 9.17) is 9.41 Å². The number of rotatable bonds is 4. The Hall–Kier alpha value is -2.89. The third-order valence-corrected chi connectivity index (χ3v) is 4.93. The van der Waals surface area contributed by atoms with Crippen molar-refractivity contribution in [1.82, 2.24) is 4.90 Å². The number of benzene rings is 1. The van der Waals surface area contributed by atoms with Crippen LogP contribution in [0.2, 0.25) is 0 Å². The number of hydrogen-bond donors (Lipinski definition) is 1. The van der Waals surface area contributed by atoms with Gasteiger partial charge < -0.3 is 14.6 Å². The largest absolute Gasteiger partial charge is 0.442 e. The molecule has 6 nitrogen and oxygen atoms in total. The molecule has 2 aromatic rings. The number of furan rings is 1. The van der Waals surface area contributed by atoms with Crippen LogP contribution < -0.4 is 5.32 Å². The number of hydrogen-bond acceptors (Lipinski definition) is 5. The van der Waals surface area contributed by atoms with E-state index in [0.717, 1.165) is 36.5 Å². The highest BCUT2D eigenvalue weighted by Gasteiger charge is 2.35. The monoisotopic (exact) mass is 350 g/mol. The van der Waals surface area contributed by atoms with Crippen LogP contribution in [0.5, 0.6) is 0 Å². The first-order valence-corrected chi connectivity index (χ1v) is 9.04. The maximum absolute atomic E-state index is 13.1. The van der Waals surface area contributed by atoms with Gasteiger partial charge in [0, 0.05) is 12.2 Å². The second-order valence-electron chi connectivity index (χ2n) is 6.59. The van der Waals surface area contributed by atoms with Gasteiger partial charge in [0.1, 0.15) is 17.9 Å². The van der Waals surface area contributed by atoms with E-state index in [1.807, 2.05) is 29.2 Å². The average molecular weight is 350 g/mol. The maximum atomic E-state index is 13.1. The zero-order chi connectivity index (χ0) is 18.3. The van der Waals surface area contributed by atoms with Gasteiger partial charge in [0.2, 0.25) is 5.88 Å². The lowest BCUT2D eigenvalue weighted by Crippen LogP contribution is -2.31. The summed E-state index contributed by atoms with van der Waals surface area (Å²) in [4.78, 5) is 24.2. The summed E-state index contributed by atoms with van der Waals surface area (Å²) in [5, 5.41) is 3.04. The summed E-state index contributed by atoms with van der Waals surface area (Å²) in [6.45, 7) is 6.77. The number of para-hydroxylation sites is 1. The number of carbonyl (C=O) groups excluding carboxylic acids is 1. The van der Waals surface area contributed by atoms with Crippen molar-refractivity contribution in [3.8, 4) is 0 Å². The van der Waals surface area contributed by atoms with Crippen LogP contribution in [-0.4, -0.2) is 35.6 Å². The van der Waals surface area contributed by atoms with Gasteiger partial charge in [0.15, 0.2) is 0 Å². The van der Waals surface area contributed by atoms with E-state index in [1.54, 1.807) is 13.3 Å². The summed E-state index contributed by atoms with van der Waals surface area (Å²) in [5.41, 5.74) is 3.14. The molecule has 0 unspecified atom stereocenters. The first-order valence-electron chi connectivity index (χ1n) is 9.04. The molecular formula is C20H22N4O2. The van der Waals surface area contributed by atoms with E-state index in [1.165, 1.54) is 0 Å². The predicted molar refractivity (Wildman–Crippen MR) is 103 cm³/mol. The number of aryl methyl sites for hydroxylation is 2. The van der Waals surface area contributed by atoms with E-state index in [-0.39, 0.29) is 11.9 Å². The quantitative estimate of drug-likeness (QED) is 0.908. The van der Waals surface area contributed by atoms with Gasteiger partial charge in [-0.15, -0.1) is 0 Å². The summed E-state index contributed by atoms with van der Waals surface area (Å²) < 4.78 is 5.76. The Labute approximate surface area is 152 Å². The summed E-state index contributed by atoms with van der Waals surface area (Å²) in [5.74, 6) is 1.62. The minimum absolute atomic E-state index is 0.187. The standard InChI is InChI=1S/C20H22N4O2/c1-4-13-8-6-7-9-15(13)23-19(25)16-12(3)26-20-17(16)18-22-14(5-2)10-24(18)11-21-20/h6-9,11,14H,4-5,10H2,1-3H3,(H,23,25)/t14-/m1/s1. The van der Waals surface area contributed by atoms with Gasteiger partial charge in [-0.25, -0.2) is 4.99 Å². The van der Waals surface area contributed by atoms with E-state index in [9.17, 15) is 4.79 Å². The average Bonchev–Trinajstić information content (AvgIpc) is 3.21. The lowest BCUT2D eigenvalue weighted by molar-refractivity contribution is 0.102. The van der Waals surface area contributed by atoms with E-state index in [0.29, 0.717) is 22.8 Å². The van der Waals surface area contributed by atoms with Gasteiger partial charge in [-0.2, -0.15) is 0 Å². The topological polar surface area (TPSA) is 70.2 Å². The Morgan fingerprint density at radius 2 is 2.15 bits per heavy atom. The van der Waals surface area contributed by atoms with Gasteiger partial charge in [0.05, 0.1) is 17.2 Å². The number of nitrogens with one attached hydrogen (secondary N) is 1. The summed E-state index contributed by atoms with van der Waals surface area (Å²) in [7, 11) is 0. The number of fused-ring (bicyclic) bond motifs is 3. The highest BCUT2D eigenvalue weighted by atomic mass is 16.4. The van der Waals surface area contributed by atoms with Crippen LogP contribution in [0.15, 0.2) is 38.7 Å². The number of amides is 1. The van der Waals surface area contributed by atoms with Crippen LogP contribution >= 0.6 is 0 Å². The molecule has 1 atom stereocenters. The lowest BCUT2D eigenvalue weighted by atomic mass is 10.1. The molecule has 0 fully saturated rings. The predicted octanol–water partition coefficient (Wildman–Crippen LogP) is 3.92. The molecule has 6 heteroatoms. The number of amidine groups is 1. The van der Waals surface area contributed by atoms with Crippen LogP contribution in [-0.2, 0) is 6.42 Å². The van der Waals surface area contributed by atoms with Crippen LogP contribution in [0.25, 0.3) is 0 Å². The molecule has 134 valence electrons. The fourth-order valence-corrected chi connectivity index (χ4v) is 3.49. The van der Waals surface area contributed by atoms with Crippen molar-refractivity contribution in [3.63, 3.8) is 0 Å². The van der Waals surface area contributed by atoms with Crippen LogP contribution in [0.1, 0.15) is 47.5 Å². The second-order valence-corrected chi connectivity index (χ2v) is 6.59. The number of aliphatic imine (C=N–C) groups is 2. The Morgan fingerprint density at radius 3 is 2.92 bits per heavy atom. The Bertz CT molecular complexity index is 926. The highest BCUT2D eigenvalue weighted by molar-refractivity contribution is 6.19. The van der Waals surface area contributed by atoms with Gasteiger partial charge in [-0.3, -0.25) is 9.79 Å². The van der Waals surface area contributed by atoms with Gasteiger partial charge in [-0.1, -0.05) is 32.0 Å². The van der Waals surface area contributed by atoms with Crippen molar-refractivity contribution < 1.29 is 9.21 Å². The van der Waals surface area contributed by atoms with Gasteiger partial charge in [0.25, 0.3) is 5.91 Å². The van der Waals surface area contributed by atoms with Crippen molar-refractivity contribution in [3.05, 3.63) is 46.7 Å². The zero-order valence-corrected chi connectivity index (χ0v) is 15.2. The minimum Gasteiger partial charge on any atom is -0.442 e. The zero-order valence-electron chi connectivity index (χ0n) is 15.2. The number of nitrogens with zero attached hydrogens (tertiary/aromatic N) is 3. The number of carbonyl (C=O) groups is 1. The maximum Gasteiger partial charge on any atom is 0.260 e. The molecule has 1 N–H and O–H groups in total.